The van der Waals surface area contributed by atoms with Crippen LogP contribution in [0.15, 0.2) is 64.2 Å². The quantitative estimate of drug-likeness (QED) is 0.782. The maximum absolute atomic E-state index is 12.6. The Kier molecular flexibility index (Phi) is 4.18. The van der Waals surface area contributed by atoms with Crippen LogP contribution in [0.4, 0.5) is 5.69 Å². The molecule has 1 amide bonds. The van der Waals surface area contributed by atoms with E-state index in [0.29, 0.717) is 29.5 Å². The first-order chi connectivity index (χ1) is 12.7. The van der Waals surface area contributed by atoms with Gasteiger partial charge in [0.25, 0.3) is 5.91 Å². The molecule has 1 N–H and O–H groups in total. The number of rotatable bonds is 4. The molecule has 1 aliphatic rings. The Balaban J connectivity index is 1.48. The monoisotopic (exact) mass is 348 g/mol. The van der Waals surface area contributed by atoms with Gasteiger partial charge < -0.3 is 14.6 Å². The fourth-order valence-corrected chi connectivity index (χ4v) is 2.72. The number of aryl methyl sites for hydroxylation is 1. The van der Waals surface area contributed by atoms with Crippen molar-refractivity contribution in [2.24, 2.45) is 5.16 Å². The number of nitrogens with zero attached hydrogens (tertiary/aromatic N) is 3. The second-order valence-corrected chi connectivity index (χ2v) is 5.86. The first kappa shape index (κ1) is 16.0. The first-order valence-corrected chi connectivity index (χ1v) is 8.19. The van der Waals surface area contributed by atoms with Crippen molar-refractivity contribution in [3.8, 4) is 11.5 Å². The minimum atomic E-state index is -0.678. The molecule has 0 saturated carbocycles. The van der Waals surface area contributed by atoms with Crippen LogP contribution in [0, 0.1) is 6.92 Å². The Morgan fingerprint density at radius 3 is 2.62 bits per heavy atom. The van der Waals surface area contributed by atoms with Crippen molar-refractivity contribution in [2.45, 2.75) is 19.4 Å². The highest BCUT2D eigenvalue weighted by Crippen LogP contribution is 2.27. The molecule has 0 bridgehead atoms. The van der Waals surface area contributed by atoms with Crippen LogP contribution in [-0.2, 0) is 9.63 Å². The molecule has 0 aliphatic carbocycles. The molecular weight excluding hydrogens is 332 g/mol. The van der Waals surface area contributed by atoms with Gasteiger partial charge in [0.1, 0.15) is 0 Å². The van der Waals surface area contributed by atoms with E-state index in [4.69, 9.17) is 9.25 Å². The van der Waals surface area contributed by atoms with Crippen molar-refractivity contribution in [3.05, 3.63) is 66.1 Å². The zero-order chi connectivity index (χ0) is 17.9. The number of hydrogen-bond acceptors (Lipinski definition) is 6. The Hall–Kier alpha value is -3.48. The average Bonchev–Trinajstić information content (AvgIpc) is 3.32. The molecule has 4 rings (SSSR count). The van der Waals surface area contributed by atoms with E-state index in [1.54, 1.807) is 13.0 Å². The topological polar surface area (TPSA) is 89.6 Å². The summed E-state index contributed by atoms with van der Waals surface area (Å²) in [6, 6.07) is 16.9. The molecule has 0 fully saturated rings. The van der Waals surface area contributed by atoms with E-state index in [2.05, 4.69) is 20.7 Å². The van der Waals surface area contributed by atoms with Crippen molar-refractivity contribution >= 4 is 17.3 Å². The van der Waals surface area contributed by atoms with Gasteiger partial charge in [-0.2, -0.15) is 0 Å². The van der Waals surface area contributed by atoms with E-state index >= 15 is 0 Å². The summed E-state index contributed by atoms with van der Waals surface area (Å²) >= 11 is 0. The summed E-state index contributed by atoms with van der Waals surface area (Å²) in [6.07, 6.45) is -0.264. The van der Waals surface area contributed by atoms with Gasteiger partial charge >= 0.3 is 0 Å². The van der Waals surface area contributed by atoms with Gasteiger partial charge in [-0.05, 0) is 17.7 Å². The number of benzene rings is 2. The third kappa shape index (κ3) is 3.19. The fourth-order valence-electron chi connectivity index (χ4n) is 2.72. The lowest BCUT2D eigenvalue weighted by atomic mass is 10.0. The normalized spacial score (nSPS) is 16.0. The molecule has 1 unspecified atom stereocenters. The number of carbonyl (C=O) groups excluding carboxylic acids is 1. The lowest BCUT2D eigenvalue weighted by Crippen LogP contribution is -2.28. The van der Waals surface area contributed by atoms with Crippen LogP contribution < -0.4 is 5.32 Å². The summed E-state index contributed by atoms with van der Waals surface area (Å²) in [4.78, 5) is 17.9. The van der Waals surface area contributed by atoms with E-state index in [0.717, 1.165) is 11.3 Å². The van der Waals surface area contributed by atoms with E-state index in [9.17, 15) is 4.79 Å². The fraction of sp³-hybridized carbons (Fsp3) is 0.158. The molecule has 2 heterocycles. The van der Waals surface area contributed by atoms with Gasteiger partial charge in [-0.25, -0.2) is 0 Å². The summed E-state index contributed by atoms with van der Waals surface area (Å²) in [7, 11) is 0. The SMILES string of the molecule is Cc1nnc(-c2ccccc2NC(=O)C2CC(c3ccccc3)=NO2)o1. The number of aromatic nitrogens is 2. The van der Waals surface area contributed by atoms with Crippen molar-refractivity contribution in [1.29, 1.82) is 0 Å². The molecule has 1 atom stereocenters. The summed E-state index contributed by atoms with van der Waals surface area (Å²) in [5.41, 5.74) is 2.94. The van der Waals surface area contributed by atoms with Crippen LogP contribution in [0.25, 0.3) is 11.5 Å². The molecule has 7 heteroatoms. The maximum Gasteiger partial charge on any atom is 0.268 e. The summed E-state index contributed by atoms with van der Waals surface area (Å²) in [6.45, 7) is 1.71. The van der Waals surface area contributed by atoms with E-state index in [1.807, 2.05) is 48.5 Å². The van der Waals surface area contributed by atoms with Gasteiger partial charge in [0.15, 0.2) is 0 Å². The van der Waals surface area contributed by atoms with Crippen LogP contribution in [0.5, 0.6) is 0 Å². The number of anilines is 1. The van der Waals surface area contributed by atoms with Crippen molar-refractivity contribution in [1.82, 2.24) is 10.2 Å². The Morgan fingerprint density at radius 2 is 1.85 bits per heavy atom. The molecule has 0 spiro atoms. The van der Waals surface area contributed by atoms with Crippen molar-refractivity contribution < 1.29 is 14.0 Å². The van der Waals surface area contributed by atoms with E-state index < -0.39 is 6.10 Å². The third-order valence-corrected chi connectivity index (χ3v) is 4.01. The highest BCUT2D eigenvalue weighted by molar-refractivity contribution is 6.06. The molecule has 0 saturated heterocycles. The number of amides is 1. The van der Waals surface area contributed by atoms with Crippen LogP contribution >= 0.6 is 0 Å². The highest BCUT2D eigenvalue weighted by Gasteiger charge is 2.29. The molecule has 3 aromatic rings. The van der Waals surface area contributed by atoms with Crippen LogP contribution in [0.1, 0.15) is 17.9 Å². The average molecular weight is 348 g/mol. The minimum Gasteiger partial charge on any atom is -0.421 e. The summed E-state index contributed by atoms with van der Waals surface area (Å²) < 4.78 is 5.46. The molecule has 26 heavy (non-hydrogen) atoms. The van der Waals surface area contributed by atoms with Gasteiger partial charge in [-0.15, -0.1) is 10.2 Å². The first-order valence-electron chi connectivity index (χ1n) is 8.19. The zero-order valence-electron chi connectivity index (χ0n) is 14.0. The standard InChI is InChI=1S/C19H16N4O3/c1-12-21-22-19(25-12)14-9-5-6-10-15(14)20-18(24)17-11-16(23-26-17)13-7-3-2-4-8-13/h2-10,17H,11H2,1H3,(H,20,24). The van der Waals surface area contributed by atoms with Gasteiger partial charge in [0.2, 0.25) is 17.9 Å². The summed E-state index contributed by atoms with van der Waals surface area (Å²) in [5, 5.41) is 14.8. The molecule has 2 aromatic carbocycles. The lowest BCUT2D eigenvalue weighted by molar-refractivity contribution is -0.125. The van der Waals surface area contributed by atoms with Crippen LogP contribution in [0.2, 0.25) is 0 Å². The molecule has 0 radical (unpaired) electrons. The third-order valence-electron chi connectivity index (χ3n) is 4.01. The van der Waals surface area contributed by atoms with E-state index in [1.165, 1.54) is 0 Å². The van der Waals surface area contributed by atoms with Crippen LogP contribution in [0.3, 0.4) is 0 Å². The van der Waals surface area contributed by atoms with Gasteiger partial charge in [-0.1, -0.05) is 47.6 Å². The predicted molar refractivity (Wildman–Crippen MR) is 95.6 cm³/mol. The number of oxime groups is 1. The van der Waals surface area contributed by atoms with Gasteiger partial charge in [-0.3, -0.25) is 4.79 Å². The minimum absolute atomic E-state index is 0.275. The second kappa shape index (κ2) is 6.79. The number of hydrogen-bond donors (Lipinski definition) is 1. The van der Waals surface area contributed by atoms with Crippen molar-refractivity contribution in [2.75, 3.05) is 5.32 Å². The zero-order valence-corrected chi connectivity index (χ0v) is 14.0. The molecular formula is C19H16N4O3. The molecule has 1 aliphatic heterocycles. The maximum atomic E-state index is 12.6. The molecule has 1 aromatic heterocycles. The number of nitrogens with one attached hydrogen (secondary N) is 1. The Labute approximate surface area is 149 Å². The Bertz CT molecular complexity index is 966. The highest BCUT2D eigenvalue weighted by atomic mass is 16.6. The number of para-hydroxylation sites is 1. The summed E-state index contributed by atoms with van der Waals surface area (Å²) in [5.74, 6) is 0.538. The second-order valence-electron chi connectivity index (χ2n) is 5.86. The Morgan fingerprint density at radius 1 is 1.08 bits per heavy atom. The largest absolute Gasteiger partial charge is 0.421 e. The van der Waals surface area contributed by atoms with Gasteiger partial charge in [0, 0.05) is 13.3 Å². The van der Waals surface area contributed by atoms with Crippen LogP contribution in [-0.4, -0.2) is 27.9 Å². The van der Waals surface area contributed by atoms with Gasteiger partial charge in [0.05, 0.1) is 17.0 Å². The number of carbonyl (C=O) groups is 1. The predicted octanol–water partition coefficient (Wildman–Crippen LogP) is 3.18. The van der Waals surface area contributed by atoms with E-state index in [-0.39, 0.29) is 5.91 Å². The smallest absolute Gasteiger partial charge is 0.268 e. The molecule has 7 nitrogen and oxygen atoms in total. The lowest BCUT2D eigenvalue weighted by Gasteiger charge is -2.11. The molecule has 130 valence electrons. The van der Waals surface area contributed by atoms with Crippen molar-refractivity contribution in [3.63, 3.8) is 0 Å².